The van der Waals surface area contributed by atoms with Crippen LogP contribution in [0.15, 0.2) is 12.7 Å². The Morgan fingerprint density at radius 3 is 1.67 bits per heavy atom. The van der Waals surface area contributed by atoms with Gasteiger partial charge in [0.25, 0.3) is 0 Å². The summed E-state index contributed by atoms with van der Waals surface area (Å²) in [7, 11) is 0. The van der Waals surface area contributed by atoms with Gasteiger partial charge >= 0.3 is 5.97 Å². The molecule has 0 heterocycles. The lowest BCUT2D eigenvalue weighted by molar-refractivity contribution is -0.190. The molecule has 5 nitrogen and oxygen atoms in total. The van der Waals surface area contributed by atoms with E-state index in [1.165, 1.54) is 13.8 Å². The lowest BCUT2D eigenvalue weighted by Crippen LogP contribution is -2.14. The number of ether oxygens (including phenoxy) is 1. The van der Waals surface area contributed by atoms with Gasteiger partial charge in [0.15, 0.2) is 12.6 Å². The third kappa shape index (κ3) is 23.0. The first kappa shape index (κ1) is 13.7. The molecule has 0 fully saturated rings. The highest BCUT2D eigenvalue weighted by molar-refractivity contribution is 5.78. The van der Waals surface area contributed by atoms with Crippen molar-refractivity contribution in [1.29, 1.82) is 0 Å². The third-order valence-corrected chi connectivity index (χ3v) is 0.569. The maximum absolute atomic E-state index is 9.25. The maximum Gasteiger partial charge on any atom is 0.327 e. The summed E-state index contributed by atoms with van der Waals surface area (Å²) in [6.45, 7) is 5.84. The first-order chi connectivity index (χ1) is 5.40. The van der Waals surface area contributed by atoms with E-state index < -0.39 is 18.5 Å². The van der Waals surface area contributed by atoms with E-state index in [1.807, 2.05) is 0 Å². The van der Waals surface area contributed by atoms with E-state index in [0.717, 1.165) is 6.08 Å². The Bertz CT molecular complexity index is 124. The number of carboxylic acids is 1. The number of carboxylic acid groups (broad SMARTS) is 1. The molecule has 0 rings (SSSR count). The van der Waals surface area contributed by atoms with Crippen LogP contribution >= 0.6 is 0 Å². The van der Waals surface area contributed by atoms with Gasteiger partial charge in [0.05, 0.1) is 0 Å². The lowest BCUT2D eigenvalue weighted by Gasteiger charge is -2.07. The van der Waals surface area contributed by atoms with Crippen LogP contribution in [0.25, 0.3) is 0 Å². The van der Waals surface area contributed by atoms with E-state index in [4.69, 9.17) is 15.3 Å². The van der Waals surface area contributed by atoms with Crippen LogP contribution in [-0.2, 0) is 9.53 Å². The molecule has 0 bridgehead atoms. The Labute approximate surface area is 70.9 Å². The molecule has 0 radical (unpaired) electrons. The summed E-state index contributed by atoms with van der Waals surface area (Å²) in [6.07, 6.45) is -0.917. The van der Waals surface area contributed by atoms with E-state index >= 15 is 0 Å². The molecule has 72 valence electrons. The fourth-order valence-electron chi connectivity index (χ4n) is 0.285. The van der Waals surface area contributed by atoms with Gasteiger partial charge in [-0.1, -0.05) is 6.58 Å². The number of hydrogen-bond acceptors (Lipinski definition) is 4. The van der Waals surface area contributed by atoms with E-state index in [0.29, 0.717) is 0 Å². The normalized spacial score (nSPS) is 13.7. The second kappa shape index (κ2) is 8.19. The van der Waals surface area contributed by atoms with Crippen molar-refractivity contribution >= 4 is 5.97 Å². The molecule has 3 N–H and O–H groups in total. The number of hydrogen-bond donors (Lipinski definition) is 3. The fourth-order valence-corrected chi connectivity index (χ4v) is 0.285. The van der Waals surface area contributed by atoms with Gasteiger partial charge in [-0.2, -0.15) is 0 Å². The van der Waals surface area contributed by atoms with Crippen LogP contribution in [0.5, 0.6) is 0 Å². The van der Waals surface area contributed by atoms with Crippen molar-refractivity contribution in [1.82, 2.24) is 0 Å². The second-order valence-electron chi connectivity index (χ2n) is 1.88. The van der Waals surface area contributed by atoms with Gasteiger partial charge < -0.3 is 20.1 Å². The minimum absolute atomic E-state index is 0.833. The number of carbonyl (C=O) groups is 1. The quantitative estimate of drug-likeness (QED) is 0.416. The molecule has 0 aromatic carbocycles. The van der Waals surface area contributed by atoms with Crippen LogP contribution in [0.2, 0.25) is 0 Å². The van der Waals surface area contributed by atoms with Gasteiger partial charge in [0.2, 0.25) is 0 Å². The first-order valence-corrected chi connectivity index (χ1v) is 3.27. The van der Waals surface area contributed by atoms with Gasteiger partial charge in [-0.3, -0.25) is 0 Å². The Morgan fingerprint density at radius 2 is 1.67 bits per heavy atom. The summed E-state index contributed by atoms with van der Waals surface area (Å²) in [5.41, 5.74) is 0. The van der Waals surface area contributed by atoms with Crippen LogP contribution in [0.3, 0.4) is 0 Å². The van der Waals surface area contributed by atoms with Crippen molar-refractivity contribution in [3.63, 3.8) is 0 Å². The molecule has 0 spiro atoms. The smallest absolute Gasteiger partial charge is 0.327 e. The zero-order valence-corrected chi connectivity index (χ0v) is 7.10. The van der Waals surface area contributed by atoms with Crippen molar-refractivity contribution in [2.75, 3.05) is 0 Å². The molecule has 5 heteroatoms. The zero-order chi connectivity index (χ0) is 10.1. The number of aliphatic hydroxyl groups is 2. The average molecular weight is 178 g/mol. The minimum Gasteiger partial charge on any atom is -0.478 e. The van der Waals surface area contributed by atoms with Crippen LogP contribution < -0.4 is 0 Å². The summed E-state index contributed by atoms with van der Waals surface area (Å²) in [5.74, 6) is -0.981. The molecular weight excluding hydrogens is 164 g/mol. The highest BCUT2D eigenvalue weighted by atomic mass is 16.7. The highest BCUT2D eigenvalue weighted by Crippen LogP contribution is 1.87. The standard InChI is InChI=1S/C4H10O3.C3H4O2/c1-3(5)7-4(2)6;1-2-3(4)5/h3-6H,1-2H3;2H,1H2,(H,4,5). The average Bonchev–Trinajstić information content (AvgIpc) is 1.85. The van der Waals surface area contributed by atoms with E-state index in [-0.39, 0.29) is 0 Å². The number of aliphatic hydroxyl groups excluding tert-OH is 2. The maximum atomic E-state index is 9.25. The lowest BCUT2D eigenvalue weighted by atomic mass is 10.7. The van der Waals surface area contributed by atoms with Crippen molar-refractivity contribution in [3.8, 4) is 0 Å². The Balaban J connectivity index is 0. The predicted octanol–water partition coefficient (Wildman–Crippen LogP) is -0.0634. The molecular formula is C7H14O5. The van der Waals surface area contributed by atoms with Crippen LogP contribution in [-0.4, -0.2) is 33.9 Å². The molecule has 2 unspecified atom stereocenters. The molecule has 0 amide bonds. The largest absolute Gasteiger partial charge is 0.478 e. The van der Waals surface area contributed by atoms with Crippen molar-refractivity contribution in [3.05, 3.63) is 12.7 Å². The Hall–Kier alpha value is -0.910. The number of rotatable bonds is 3. The predicted molar refractivity (Wildman–Crippen MR) is 42.3 cm³/mol. The van der Waals surface area contributed by atoms with Gasteiger partial charge in [-0.25, -0.2) is 4.79 Å². The first-order valence-electron chi connectivity index (χ1n) is 3.27. The van der Waals surface area contributed by atoms with E-state index in [9.17, 15) is 4.79 Å². The van der Waals surface area contributed by atoms with Crippen LogP contribution in [0.4, 0.5) is 0 Å². The van der Waals surface area contributed by atoms with Crippen LogP contribution in [0.1, 0.15) is 13.8 Å². The Morgan fingerprint density at radius 1 is 1.42 bits per heavy atom. The van der Waals surface area contributed by atoms with E-state index in [1.54, 1.807) is 0 Å². The second-order valence-corrected chi connectivity index (χ2v) is 1.88. The monoisotopic (exact) mass is 178 g/mol. The van der Waals surface area contributed by atoms with Crippen molar-refractivity contribution < 1.29 is 24.9 Å². The molecule has 0 aliphatic carbocycles. The topological polar surface area (TPSA) is 87.0 Å². The molecule has 0 saturated heterocycles. The summed E-state index contributed by atoms with van der Waals surface area (Å²) >= 11 is 0. The van der Waals surface area contributed by atoms with Gasteiger partial charge in [0, 0.05) is 6.08 Å². The number of aliphatic carboxylic acids is 1. The summed E-state index contributed by atoms with van der Waals surface area (Å²) in [5, 5.41) is 24.3. The van der Waals surface area contributed by atoms with E-state index in [2.05, 4.69) is 11.3 Å². The van der Waals surface area contributed by atoms with Gasteiger partial charge in [-0.15, -0.1) is 0 Å². The molecule has 12 heavy (non-hydrogen) atoms. The van der Waals surface area contributed by atoms with Gasteiger partial charge in [0.1, 0.15) is 0 Å². The van der Waals surface area contributed by atoms with Crippen molar-refractivity contribution in [2.24, 2.45) is 0 Å². The molecule has 0 aliphatic rings. The summed E-state index contributed by atoms with van der Waals surface area (Å²) < 4.78 is 4.36. The fraction of sp³-hybridized carbons (Fsp3) is 0.571. The van der Waals surface area contributed by atoms with Gasteiger partial charge in [-0.05, 0) is 13.8 Å². The minimum atomic E-state index is -0.981. The third-order valence-electron chi connectivity index (χ3n) is 0.569. The van der Waals surface area contributed by atoms with Crippen molar-refractivity contribution in [2.45, 2.75) is 26.4 Å². The molecule has 2 atom stereocenters. The SMILES string of the molecule is C=CC(=O)O.CC(O)OC(C)O. The molecule has 0 aliphatic heterocycles. The Kier molecular flexibility index (Phi) is 9.32. The molecule has 0 aromatic rings. The molecule has 0 saturated carbocycles. The summed E-state index contributed by atoms with van der Waals surface area (Å²) in [6, 6.07) is 0. The zero-order valence-electron chi connectivity index (χ0n) is 7.10. The summed E-state index contributed by atoms with van der Waals surface area (Å²) in [4.78, 5) is 9.25. The molecule has 0 aromatic heterocycles. The van der Waals surface area contributed by atoms with Crippen LogP contribution in [0, 0.1) is 0 Å². The highest BCUT2D eigenvalue weighted by Gasteiger charge is 1.97.